The molecule has 2 rings (SSSR count). The summed E-state index contributed by atoms with van der Waals surface area (Å²) in [6.07, 6.45) is 2.89. The molecule has 2 aliphatic rings. The molecule has 0 N–H and O–H groups in total. The highest BCUT2D eigenvalue weighted by atomic mass is 16.5. The molecule has 0 saturated heterocycles. The van der Waals surface area contributed by atoms with Gasteiger partial charge >= 0.3 is 0 Å². The van der Waals surface area contributed by atoms with Gasteiger partial charge in [0.1, 0.15) is 6.33 Å². The summed E-state index contributed by atoms with van der Waals surface area (Å²) >= 11 is 0. The first kappa shape index (κ1) is 4.37. The third-order valence-corrected chi connectivity index (χ3v) is 0.945. The van der Waals surface area contributed by atoms with Crippen LogP contribution < -0.4 is 0 Å². The van der Waals surface area contributed by atoms with Crippen molar-refractivity contribution in [3.8, 4) is 11.6 Å². The number of hydrogen-bond acceptors (Lipinski definition) is 5. The molecule has 0 aromatic heterocycles. The van der Waals surface area contributed by atoms with Crippen LogP contribution in [0.5, 0.6) is 0 Å². The molecule has 0 atom stereocenters. The van der Waals surface area contributed by atoms with Crippen molar-refractivity contribution in [1.29, 1.82) is 0 Å². The molecule has 0 aromatic carbocycles. The monoisotopic (exact) mass is 122 g/mol. The Kier molecular flexibility index (Phi) is 0.717. The Bertz CT molecular complexity index is 253. The molecule has 0 aliphatic carbocycles. The fourth-order valence-electron chi connectivity index (χ4n) is 0.564. The lowest BCUT2D eigenvalue weighted by atomic mass is 10.5. The topological polar surface area (TPSA) is 64.7 Å². The lowest BCUT2D eigenvalue weighted by Crippen LogP contribution is -1.83. The Morgan fingerprint density at radius 2 is 2.33 bits per heavy atom. The van der Waals surface area contributed by atoms with E-state index in [9.17, 15) is 0 Å². The summed E-state index contributed by atoms with van der Waals surface area (Å²) in [6, 6.07) is 0. The number of imidazole rings is 1. The largest absolute Gasteiger partial charge is 0.316 e. The minimum absolute atomic E-state index is 0.421. The minimum atomic E-state index is 0.421. The molecule has 0 aromatic rings. The summed E-state index contributed by atoms with van der Waals surface area (Å²) in [4.78, 5) is 7.55. The van der Waals surface area contributed by atoms with Gasteiger partial charge in [0.15, 0.2) is 5.69 Å². The second-order valence-corrected chi connectivity index (χ2v) is 1.48. The summed E-state index contributed by atoms with van der Waals surface area (Å²) in [5, 5.41) is 6.72. The highest BCUT2D eigenvalue weighted by Crippen LogP contribution is 2.10. The quantitative estimate of drug-likeness (QED) is 0.490. The molecule has 0 amide bonds. The lowest BCUT2D eigenvalue weighted by Gasteiger charge is -1.84. The molecule has 0 fully saturated rings. The molecular weight excluding hydrogens is 120 g/mol. The molecule has 0 bridgehead atoms. The van der Waals surface area contributed by atoms with E-state index in [2.05, 4.69) is 24.9 Å². The smallest absolute Gasteiger partial charge is 0.279 e. The highest BCUT2D eigenvalue weighted by Gasteiger charge is 2.05. The van der Waals surface area contributed by atoms with E-state index in [1.807, 2.05) is 0 Å². The second kappa shape index (κ2) is 1.48. The fourth-order valence-corrected chi connectivity index (χ4v) is 0.564. The lowest BCUT2D eigenvalue weighted by molar-refractivity contribution is 0.363. The zero-order valence-electron chi connectivity index (χ0n) is 4.35. The normalized spacial score (nSPS) is 10.2. The van der Waals surface area contributed by atoms with Gasteiger partial charge in [-0.2, -0.15) is 4.98 Å². The van der Waals surface area contributed by atoms with E-state index >= 15 is 0 Å². The van der Waals surface area contributed by atoms with Crippen LogP contribution in [-0.2, 0) is 0 Å². The number of fused-ring (bicyclic) bond motifs is 1. The van der Waals surface area contributed by atoms with Gasteiger partial charge in [-0.1, -0.05) is 0 Å². The third kappa shape index (κ3) is 0.543. The van der Waals surface area contributed by atoms with E-state index in [1.54, 1.807) is 0 Å². The van der Waals surface area contributed by atoms with Gasteiger partial charge in [-0.25, -0.2) is 4.98 Å². The van der Waals surface area contributed by atoms with Crippen LogP contribution in [0.2, 0.25) is 0 Å². The zero-order chi connectivity index (χ0) is 6.10. The van der Waals surface area contributed by atoms with E-state index < -0.39 is 0 Å². The van der Waals surface area contributed by atoms with E-state index in [0.29, 0.717) is 11.6 Å². The Morgan fingerprint density at radius 1 is 1.33 bits per heavy atom. The molecule has 5 heteroatoms. The van der Waals surface area contributed by atoms with Crippen LogP contribution >= 0.6 is 0 Å². The molecular formula is C4H2N4O. The van der Waals surface area contributed by atoms with E-state index in [4.69, 9.17) is 0 Å². The summed E-state index contributed by atoms with van der Waals surface area (Å²) in [5.41, 5.74) is 0.630. The van der Waals surface area contributed by atoms with Crippen LogP contribution in [0, 0.1) is 0 Å². The Morgan fingerprint density at radius 3 is 3.22 bits per heavy atom. The number of nitrogens with zero attached hydrogens (tertiary/aromatic N) is 4. The van der Waals surface area contributed by atoms with E-state index in [1.165, 1.54) is 12.5 Å². The van der Waals surface area contributed by atoms with Crippen molar-refractivity contribution in [1.82, 2.24) is 20.3 Å². The Labute approximate surface area is 50.1 Å². The van der Waals surface area contributed by atoms with Gasteiger partial charge in [-0.15, -0.1) is 5.10 Å². The predicted molar refractivity (Wildman–Crippen MR) is 26.5 cm³/mol. The molecule has 9 heavy (non-hydrogen) atoms. The summed E-state index contributed by atoms with van der Waals surface area (Å²) in [7, 11) is 0. The third-order valence-electron chi connectivity index (χ3n) is 0.945. The SMILES string of the molecule is c1nc2cnnoc-2n1. The first-order valence-corrected chi connectivity index (χ1v) is 2.35. The van der Waals surface area contributed by atoms with Crippen molar-refractivity contribution < 1.29 is 4.52 Å². The second-order valence-electron chi connectivity index (χ2n) is 1.48. The predicted octanol–water partition coefficient (Wildman–Crippen LogP) is -0.0356. The van der Waals surface area contributed by atoms with Crippen molar-refractivity contribution in [3.05, 3.63) is 12.5 Å². The maximum absolute atomic E-state index is 4.62. The van der Waals surface area contributed by atoms with Crippen molar-refractivity contribution in [2.24, 2.45) is 0 Å². The van der Waals surface area contributed by atoms with Gasteiger partial charge < -0.3 is 4.52 Å². The highest BCUT2D eigenvalue weighted by molar-refractivity contribution is 5.43. The van der Waals surface area contributed by atoms with Crippen LogP contribution in [-0.4, -0.2) is 20.3 Å². The standard InChI is InChI=1S/C4H2N4O/c1-3-4(6-2-5-3)9-8-7-1/h1-2H. The molecule has 0 radical (unpaired) electrons. The molecule has 0 unspecified atom stereocenters. The molecule has 2 heterocycles. The Hall–Kier alpha value is -1.52. The van der Waals surface area contributed by atoms with Gasteiger partial charge in [-0.05, 0) is 0 Å². The van der Waals surface area contributed by atoms with Crippen molar-refractivity contribution in [2.45, 2.75) is 0 Å². The molecule has 0 spiro atoms. The summed E-state index contributed by atoms with van der Waals surface area (Å²) in [6.45, 7) is 0. The zero-order valence-corrected chi connectivity index (χ0v) is 4.35. The van der Waals surface area contributed by atoms with Gasteiger partial charge in [-0.3, -0.25) is 0 Å². The van der Waals surface area contributed by atoms with Crippen LogP contribution in [0.25, 0.3) is 11.6 Å². The van der Waals surface area contributed by atoms with Crippen LogP contribution in [0.3, 0.4) is 0 Å². The van der Waals surface area contributed by atoms with Crippen LogP contribution in [0.4, 0.5) is 0 Å². The first-order chi connectivity index (χ1) is 4.47. The maximum atomic E-state index is 4.62. The average Bonchev–Trinajstić information content (AvgIpc) is 2.33. The minimum Gasteiger partial charge on any atom is -0.316 e. The van der Waals surface area contributed by atoms with E-state index in [0.717, 1.165) is 0 Å². The Balaban J connectivity index is 2.79. The molecule has 0 saturated carbocycles. The van der Waals surface area contributed by atoms with Crippen molar-refractivity contribution in [3.63, 3.8) is 0 Å². The molecule has 2 aliphatic heterocycles. The van der Waals surface area contributed by atoms with Crippen LogP contribution in [0.15, 0.2) is 17.0 Å². The average molecular weight is 122 g/mol. The van der Waals surface area contributed by atoms with Gasteiger partial charge in [0.25, 0.3) is 5.89 Å². The number of hydrogen-bond donors (Lipinski definition) is 0. The van der Waals surface area contributed by atoms with Crippen molar-refractivity contribution >= 4 is 0 Å². The van der Waals surface area contributed by atoms with E-state index in [-0.39, 0.29) is 0 Å². The first-order valence-electron chi connectivity index (χ1n) is 2.35. The van der Waals surface area contributed by atoms with Gasteiger partial charge in [0.2, 0.25) is 0 Å². The fraction of sp³-hybridized carbons (Fsp3) is 0. The summed E-state index contributed by atoms with van der Waals surface area (Å²) < 4.78 is 4.62. The van der Waals surface area contributed by atoms with Crippen molar-refractivity contribution in [2.75, 3.05) is 0 Å². The maximum Gasteiger partial charge on any atom is 0.279 e. The number of aromatic nitrogens is 4. The molecule has 44 valence electrons. The summed E-state index contributed by atoms with van der Waals surface area (Å²) in [5.74, 6) is 0.421. The van der Waals surface area contributed by atoms with Crippen LogP contribution in [0.1, 0.15) is 0 Å². The number of rotatable bonds is 0. The molecule has 5 nitrogen and oxygen atoms in total. The van der Waals surface area contributed by atoms with Gasteiger partial charge in [0.05, 0.1) is 6.20 Å². The van der Waals surface area contributed by atoms with Gasteiger partial charge in [0, 0.05) is 5.27 Å².